The van der Waals surface area contributed by atoms with Crippen LogP contribution in [0.25, 0.3) is 16.3 Å². The first-order chi connectivity index (χ1) is 16.1. The number of rotatable bonds is 5. The summed E-state index contributed by atoms with van der Waals surface area (Å²) in [6.45, 7) is 1.96. The molecule has 5 rings (SSSR count). The molecule has 7 nitrogen and oxygen atoms in total. The summed E-state index contributed by atoms with van der Waals surface area (Å²) in [5.41, 5.74) is 5.86. The standard InChI is InChI=1S/C26H27N5O2/c1-31-17-21(8-13-29-31)19-2-3-20-16-28-25(15-22(20)14-19)30-26(32)18-4-6-23(7-5-18)33-24-9-11-27-12-10-24/h2-8,13-17,24,27,29H,9-12H2,1H3,(H,28,30,32). The number of piperidine rings is 1. The molecule has 33 heavy (non-hydrogen) atoms. The van der Waals surface area contributed by atoms with Crippen LogP contribution in [0.15, 0.2) is 73.2 Å². The van der Waals surface area contributed by atoms with Gasteiger partial charge in [0.1, 0.15) is 17.7 Å². The van der Waals surface area contributed by atoms with E-state index in [-0.39, 0.29) is 12.0 Å². The fraction of sp³-hybridized carbons (Fsp3) is 0.231. The number of hydrogen-bond donors (Lipinski definition) is 3. The van der Waals surface area contributed by atoms with Crippen molar-refractivity contribution in [2.45, 2.75) is 18.9 Å². The molecule has 2 aliphatic heterocycles. The van der Waals surface area contributed by atoms with Crippen LogP contribution in [0.3, 0.4) is 0 Å². The molecule has 7 heteroatoms. The minimum atomic E-state index is -0.197. The molecule has 1 fully saturated rings. The number of hydrogen-bond acceptors (Lipinski definition) is 6. The monoisotopic (exact) mass is 441 g/mol. The van der Waals surface area contributed by atoms with Crippen LogP contribution in [0.4, 0.5) is 5.82 Å². The van der Waals surface area contributed by atoms with Crippen LogP contribution in [0.1, 0.15) is 28.8 Å². The van der Waals surface area contributed by atoms with E-state index in [4.69, 9.17) is 4.74 Å². The topological polar surface area (TPSA) is 78.5 Å². The molecule has 0 radical (unpaired) electrons. The van der Waals surface area contributed by atoms with Crippen molar-refractivity contribution in [3.8, 4) is 5.75 Å². The number of allylic oxidation sites excluding steroid dienone is 2. The van der Waals surface area contributed by atoms with Crippen LogP contribution in [-0.2, 0) is 0 Å². The average molecular weight is 442 g/mol. The van der Waals surface area contributed by atoms with Gasteiger partial charge in [0, 0.05) is 42.2 Å². The Morgan fingerprint density at radius 2 is 1.91 bits per heavy atom. The Hall–Kier alpha value is -3.84. The predicted molar refractivity (Wildman–Crippen MR) is 131 cm³/mol. The molecular formula is C26H27N5O2. The summed E-state index contributed by atoms with van der Waals surface area (Å²) >= 11 is 0. The van der Waals surface area contributed by atoms with Crippen molar-refractivity contribution in [3.05, 3.63) is 84.3 Å². The molecule has 3 heterocycles. The lowest BCUT2D eigenvalue weighted by Gasteiger charge is -2.23. The minimum Gasteiger partial charge on any atom is -0.490 e. The Morgan fingerprint density at radius 3 is 2.70 bits per heavy atom. The molecule has 168 valence electrons. The van der Waals surface area contributed by atoms with Crippen molar-refractivity contribution in [1.82, 2.24) is 20.7 Å². The van der Waals surface area contributed by atoms with E-state index in [2.05, 4.69) is 33.2 Å². The highest BCUT2D eigenvalue weighted by Crippen LogP contribution is 2.25. The number of nitrogens with zero attached hydrogens (tertiary/aromatic N) is 2. The van der Waals surface area contributed by atoms with Gasteiger partial charge < -0.3 is 20.8 Å². The molecular weight excluding hydrogens is 414 g/mol. The van der Waals surface area contributed by atoms with Gasteiger partial charge in [0.05, 0.1) is 0 Å². The molecule has 2 aromatic carbocycles. The smallest absolute Gasteiger partial charge is 0.256 e. The van der Waals surface area contributed by atoms with Crippen LogP contribution in [0.2, 0.25) is 0 Å². The maximum Gasteiger partial charge on any atom is 0.256 e. The van der Waals surface area contributed by atoms with Crippen LogP contribution in [0, 0.1) is 0 Å². The number of ether oxygens (including phenoxy) is 1. The van der Waals surface area contributed by atoms with Crippen molar-refractivity contribution in [2.75, 3.05) is 25.5 Å². The van der Waals surface area contributed by atoms with E-state index in [0.717, 1.165) is 53.6 Å². The van der Waals surface area contributed by atoms with Gasteiger partial charge >= 0.3 is 0 Å². The fourth-order valence-corrected chi connectivity index (χ4v) is 4.07. The van der Waals surface area contributed by atoms with Crippen LogP contribution < -0.4 is 20.8 Å². The predicted octanol–water partition coefficient (Wildman–Crippen LogP) is 3.92. The molecule has 2 aliphatic rings. The highest BCUT2D eigenvalue weighted by molar-refractivity contribution is 6.04. The first kappa shape index (κ1) is 21.0. The molecule has 3 N–H and O–H groups in total. The largest absolute Gasteiger partial charge is 0.490 e. The van der Waals surface area contributed by atoms with Gasteiger partial charge in [-0.05, 0) is 79.4 Å². The summed E-state index contributed by atoms with van der Waals surface area (Å²) in [4.78, 5) is 17.2. The molecule has 1 amide bonds. The van der Waals surface area contributed by atoms with E-state index in [9.17, 15) is 4.79 Å². The fourth-order valence-electron chi connectivity index (χ4n) is 4.07. The number of anilines is 1. The molecule has 0 saturated carbocycles. The van der Waals surface area contributed by atoms with Gasteiger partial charge in [-0.3, -0.25) is 9.80 Å². The Kier molecular flexibility index (Phi) is 5.95. The van der Waals surface area contributed by atoms with E-state index in [0.29, 0.717) is 11.4 Å². The summed E-state index contributed by atoms with van der Waals surface area (Å²) in [6, 6.07) is 15.4. The van der Waals surface area contributed by atoms with Crippen molar-refractivity contribution < 1.29 is 9.53 Å². The molecule has 3 aromatic rings. The zero-order valence-corrected chi connectivity index (χ0v) is 18.5. The van der Waals surface area contributed by atoms with Crippen molar-refractivity contribution >= 4 is 28.1 Å². The quantitative estimate of drug-likeness (QED) is 0.557. The summed E-state index contributed by atoms with van der Waals surface area (Å²) in [7, 11) is 1.95. The number of fused-ring (bicyclic) bond motifs is 1. The zero-order chi connectivity index (χ0) is 22.6. The highest BCUT2D eigenvalue weighted by Gasteiger charge is 2.15. The normalized spacial score (nSPS) is 16.3. The van der Waals surface area contributed by atoms with Gasteiger partial charge in [-0.2, -0.15) is 0 Å². The van der Waals surface area contributed by atoms with E-state index in [1.165, 1.54) is 0 Å². The van der Waals surface area contributed by atoms with Gasteiger partial charge in [0.2, 0.25) is 0 Å². The SMILES string of the molecule is CN1C=C(c2ccc3cnc(NC(=O)c4ccc(OC5CCNCC5)cc4)cc3c2)C=CN1. The Morgan fingerprint density at radius 1 is 1.09 bits per heavy atom. The number of aromatic nitrogens is 1. The Balaban J connectivity index is 1.29. The summed E-state index contributed by atoms with van der Waals surface area (Å²) in [5.74, 6) is 1.12. The molecule has 0 unspecified atom stereocenters. The van der Waals surface area contributed by atoms with E-state index >= 15 is 0 Å². The molecule has 1 aromatic heterocycles. The maximum atomic E-state index is 12.8. The molecule has 0 bridgehead atoms. The second-order valence-electron chi connectivity index (χ2n) is 8.33. The van der Waals surface area contributed by atoms with Crippen LogP contribution in [-0.4, -0.2) is 42.1 Å². The van der Waals surface area contributed by atoms with E-state index in [1.54, 1.807) is 18.3 Å². The average Bonchev–Trinajstić information content (AvgIpc) is 2.85. The lowest BCUT2D eigenvalue weighted by molar-refractivity contribution is 0.102. The minimum absolute atomic E-state index is 0.197. The molecule has 0 atom stereocenters. The van der Waals surface area contributed by atoms with Gasteiger partial charge in [0.15, 0.2) is 0 Å². The molecule has 1 saturated heterocycles. The van der Waals surface area contributed by atoms with Gasteiger partial charge in [0.25, 0.3) is 5.91 Å². The summed E-state index contributed by atoms with van der Waals surface area (Å²) < 4.78 is 6.02. The number of carbonyl (C=O) groups is 1. The number of benzene rings is 2. The summed E-state index contributed by atoms with van der Waals surface area (Å²) in [5, 5.41) is 10.2. The van der Waals surface area contributed by atoms with Crippen molar-refractivity contribution in [3.63, 3.8) is 0 Å². The Labute approximate surface area is 193 Å². The van der Waals surface area contributed by atoms with E-state index < -0.39 is 0 Å². The van der Waals surface area contributed by atoms with Crippen LogP contribution >= 0.6 is 0 Å². The number of pyridine rings is 1. The van der Waals surface area contributed by atoms with E-state index in [1.807, 2.05) is 54.8 Å². The third-order valence-electron chi connectivity index (χ3n) is 5.88. The first-order valence-electron chi connectivity index (χ1n) is 11.2. The van der Waals surface area contributed by atoms with Gasteiger partial charge in [-0.15, -0.1) is 0 Å². The van der Waals surface area contributed by atoms with Gasteiger partial charge in [-0.25, -0.2) is 4.98 Å². The summed E-state index contributed by atoms with van der Waals surface area (Å²) in [6.07, 6.45) is 9.98. The second-order valence-corrected chi connectivity index (χ2v) is 8.33. The lowest BCUT2D eigenvalue weighted by Crippen LogP contribution is -2.34. The number of nitrogens with one attached hydrogen (secondary N) is 3. The number of carbonyl (C=O) groups excluding carboxylic acids is 1. The third-order valence-corrected chi connectivity index (χ3v) is 5.88. The maximum absolute atomic E-state index is 12.8. The highest BCUT2D eigenvalue weighted by atomic mass is 16.5. The van der Waals surface area contributed by atoms with Crippen molar-refractivity contribution in [1.29, 1.82) is 0 Å². The number of amides is 1. The first-order valence-corrected chi connectivity index (χ1v) is 11.2. The number of hydrazine groups is 1. The lowest BCUT2D eigenvalue weighted by atomic mass is 10.0. The Bertz CT molecular complexity index is 1210. The van der Waals surface area contributed by atoms with Crippen molar-refractivity contribution in [2.24, 2.45) is 0 Å². The second kappa shape index (κ2) is 9.34. The third kappa shape index (κ3) is 4.99. The molecule has 0 spiro atoms. The van der Waals surface area contributed by atoms with Crippen LogP contribution in [0.5, 0.6) is 5.75 Å². The zero-order valence-electron chi connectivity index (χ0n) is 18.5. The van der Waals surface area contributed by atoms with Gasteiger partial charge in [-0.1, -0.05) is 12.1 Å². The molecule has 0 aliphatic carbocycles.